The van der Waals surface area contributed by atoms with Gasteiger partial charge < -0.3 is 10.5 Å². The molecule has 0 unspecified atom stereocenters. The Morgan fingerprint density at radius 2 is 2.06 bits per heavy atom. The summed E-state index contributed by atoms with van der Waals surface area (Å²) in [5, 5.41) is 0. The first-order valence-electron chi connectivity index (χ1n) is 5.73. The molecule has 0 aliphatic heterocycles. The van der Waals surface area contributed by atoms with Crippen molar-refractivity contribution in [1.29, 1.82) is 0 Å². The van der Waals surface area contributed by atoms with Crippen molar-refractivity contribution in [3.8, 4) is 5.75 Å². The van der Waals surface area contributed by atoms with Crippen molar-refractivity contribution in [2.45, 2.75) is 18.0 Å². The molecule has 2 N–H and O–H groups in total. The summed E-state index contributed by atoms with van der Waals surface area (Å²) in [4.78, 5) is 5.44. The van der Waals surface area contributed by atoms with Crippen LogP contribution >= 0.6 is 11.8 Å². The normalized spacial score (nSPS) is 10.3. The van der Waals surface area contributed by atoms with Gasteiger partial charge in [0, 0.05) is 17.6 Å². The highest BCUT2D eigenvalue weighted by Gasteiger charge is 2.02. The van der Waals surface area contributed by atoms with Crippen molar-refractivity contribution in [3.63, 3.8) is 0 Å². The average molecular weight is 260 g/mol. The van der Waals surface area contributed by atoms with Gasteiger partial charge in [-0.3, -0.25) is 4.98 Å². The highest BCUT2D eigenvalue weighted by Crippen LogP contribution is 2.27. The molecular weight excluding hydrogens is 244 g/mol. The predicted octanol–water partition coefficient (Wildman–Crippen LogP) is 2.84. The Morgan fingerprint density at radius 1 is 1.22 bits per heavy atom. The summed E-state index contributed by atoms with van der Waals surface area (Å²) in [6.07, 6.45) is 3.83. The minimum absolute atomic E-state index is 0.475. The van der Waals surface area contributed by atoms with Crippen LogP contribution < -0.4 is 10.5 Å². The van der Waals surface area contributed by atoms with Gasteiger partial charge in [-0.15, -0.1) is 11.8 Å². The second-order valence-electron chi connectivity index (χ2n) is 3.80. The van der Waals surface area contributed by atoms with E-state index in [9.17, 15) is 0 Å². The second-order valence-corrected chi connectivity index (χ2v) is 4.65. The molecule has 2 rings (SSSR count). The molecule has 0 amide bonds. The maximum atomic E-state index is 5.77. The Balaban J connectivity index is 2.02. The van der Waals surface area contributed by atoms with Gasteiger partial charge in [-0.25, -0.2) is 0 Å². The van der Waals surface area contributed by atoms with E-state index in [4.69, 9.17) is 10.5 Å². The van der Waals surface area contributed by atoms with Gasteiger partial charge in [0.2, 0.25) is 0 Å². The Hall–Kier alpha value is -1.52. The lowest BCUT2D eigenvalue weighted by molar-refractivity contribution is 0.294. The van der Waals surface area contributed by atoms with Crippen LogP contribution in [-0.2, 0) is 13.2 Å². The average Bonchev–Trinajstić information content (AvgIpc) is 2.46. The Labute approximate surface area is 111 Å². The number of benzene rings is 1. The van der Waals surface area contributed by atoms with Gasteiger partial charge in [-0.1, -0.05) is 18.2 Å². The van der Waals surface area contributed by atoms with Crippen LogP contribution in [0.5, 0.6) is 5.75 Å². The standard InChI is InChI=1S/C14H16N2OS/c1-18-14-5-3-2-4-13(14)17-10-12-7-6-11(8-15)9-16-12/h2-7,9H,8,10,15H2,1H3. The lowest BCUT2D eigenvalue weighted by Crippen LogP contribution is -2.01. The molecule has 1 aromatic carbocycles. The number of hydrogen-bond donors (Lipinski definition) is 1. The number of aromatic nitrogens is 1. The third-order valence-corrected chi connectivity index (χ3v) is 3.34. The molecule has 1 heterocycles. The predicted molar refractivity (Wildman–Crippen MR) is 74.7 cm³/mol. The highest BCUT2D eigenvalue weighted by atomic mass is 32.2. The van der Waals surface area contributed by atoms with Crippen molar-refractivity contribution in [2.24, 2.45) is 5.73 Å². The molecule has 0 saturated heterocycles. The molecule has 18 heavy (non-hydrogen) atoms. The molecule has 0 atom stereocenters. The van der Waals surface area contributed by atoms with Crippen molar-refractivity contribution in [2.75, 3.05) is 6.26 Å². The van der Waals surface area contributed by atoms with Crippen molar-refractivity contribution in [3.05, 3.63) is 53.9 Å². The first-order chi connectivity index (χ1) is 8.83. The molecule has 94 valence electrons. The molecular formula is C14H16N2OS. The van der Waals surface area contributed by atoms with E-state index in [0.29, 0.717) is 13.2 Å². The third-order valence-electron chi connectivity index (χ3n) is 2.57. The van der Waals surface area contributed by atoms with Crippen molar-refractivity contribution >= 4 is 11.8 Å². The van der Waals surface area contributed by atoms with Crippen LogP contribution in [0.3, 0.4) is 0 Å². The molecule has 4 heteroatoms. The summed E-state index contributed by atoms with van der Waals surface area (Å²) in [6.45, 7) is 0.992. The first-order valence-corrected chi connectivity index (χ1v) is 6.95. The number of nitrogens with zero attached hydrogens (tertiary/aromatic N) is 1. The largest absolute Gasteiger partial charge is 0.486 e. The number of ether oxygens (including phenoxy) is 1. The lowest BCUT2D eigenvalue weighted by Gasteiger charge is -2.09. The summed E-state index contributed by atoms with van der Waals surface area (Å²) in [7, 11) is 0. The minimum atomic E-state index is 0.475. The molecule has 0 saturated carbocycles. The monoisotopic (exact) mass is 260 g/mol. The van der Waals surface area contributed by atoms with E-state index in [1.54, 1.807) is 18.0 Å². The zero-order valence-electron chi connectivity index (χ0n) is 10.3. The number of pyridine rings is 1. The smallest absolute Gasteiger partial charge is 0.133 e. The molecule has 0 aliphatic rings. The number of rotatable bonds is 5. The maximum Gasteiger partial charge on any atom is 0.133 e. The van der Waals surface area contributed by atoms with Crippen LogP contribution in [0.15, 0.2) is 47.5 Å². The zero-order chi connectivity index (χ0) is 12.8. The SMILES string of the molecule is CSc1ccccc1OCc1ccc(CN)cn1. The third kappa shape index (κ3) is 3.24. The van der Waals surface area contributed by atoms with Gasteiger partial charge in [0.25, 0.3) is 0 Å². The molecule has 1 aromatic heterocycles. The highest BCUT2D eigenvalue weighted by molar-refractivity contribution is 7.98. The van der Waals surface area contributed by atoms with Crippen molar-refractivity contribution in [1.82, 2.24) is 4.98 Å². The number of nitrogens with two attached hydrogens (primary N) is 1. The zero-order valence-corrected chi connectivity index (χ0v) is 11.1. The van der Waals surface area contributed by atoms with Gasteiger partial charge in [-0.2, -0.15) is 0 Å². The number of para-hydroxylation sites is 1. The number of thioether (sulfide) groups is 1. The van der Waals surface area contributed by atoms with Gasteiger partial charge in [-0.05, 0) is 30.0 Å². The van der Waals surface area contributed by atoms with Crippen LogP contribution in [0, 0.1) is 0 Å². The summed E-state index contributed by atoms with van der Waals surface area (Å²) in [6, 6.07) is 11.9. The summed E-state index contributed by atoms with van der Waals surface area (Å²) in [5.74, 6) is 0.898. The van der Waals surface area contributed by atoms with Crippen LogP contribution in [0.2, 0.25) is 0 Å². The fourth-order valence-electron chi connectivity index (χ4n) is 1.55. The van der Waals surface area contributed by atoms with E-state index in [-0.39, 0.29) is 0 Å². The topological polar surface area (TPSA) is 48.1 Å². The van der Waals surface area contributed by atoms with Gasteiger partial charge in [0.05, 0.1) is 5.69 Å². The quantitative estimate of drug-likeness (QED) is 0.840. The van der Waals surface area contributed by atoms with Crippen LogP contribution in [0.1, 0.15) is 11.3 Å². The summed E-state index contributed by atoms with van der Waals surface area (Å²) < 4.78 is 5.77. The van der Waals surface area contributed by atoms with Crippen LogP contribution in [-0.4, -0.2) is 11.2 Å². The van der Waals surface area contributed by atoms with Crippen molar-refractivity contribution < 1.29 is 4.74 Å². The fourth-order valence-corrected chi connectivity index (χ4v) is 2.09. The first kappa shape index (κ1) is 12.9. The van der Waals surface area contributed by atoms with Crippen LogP contribution in [0.25, 0.3) is 0 Å². The summed E-state index contributed by atoms with van der Waals surface area (Å²) >= 11 is 1.67. The lowest BCUT2D eigenvalue weighted by atomic mass is 10.2. The Bertz CT molecular complexity index is 499. The van der Waals surface area contributed by atoms with Crippen LogP contribution in [0.4, 0.5) is 0 Å². The molecule has 3 nitrogen and oxygen atoms in total. The van der Waals surface area contributed by atoms with E-state index in [2.05, 4.69) is 4.98 Å². The molecule has 0 fully saturated rings. The molecule has 2 aromatic rings. The van der Waals surface area contributed by atoms with E-state index in [0.717, 1.165) is 21.9 Å². The fraction of sp³-hybridized carbons (Fsp3) is 0.214. The molecule has 0 bridgehead atoms. The minimum Gasteiger partial charge on any atom is -0.486 e. The summed E-state index contributed by atoms with van der Waals surface area (Å²) in [5.41, 5.74) is 7.47. The number of hydrogen-bond acceptors (Lipinski definition) is 4. The molecule has 0 radical (unpaired) electrons. The van der Waals surface area contributed by atoms with E-state index >= 15 is 0 Å². The van der Waals surface area contributed by atoms with E-state index in [1.807, 2.05) is 42.7 Å². The molecule has 0 spiro atoms. The van der Waals surface area contributed by atoms with Gasteiger partial charge in [0.1, 0.15) is 12.4 Å². The molecule has 0 aliphatic carbocycles. The Morgan fingerprint density at radius 3 is 2.72 bits per heavy atom. The van der Waals surface area contributed by atoms with Gasteiger partial charge in [0.15, 0.2) is 0 Å². The van der Waals surface area contributed by atoms with E-state index < -0.39 is 0 Å². The van der Waals surface area contributed by atoms with E-state index in [1.165, 1.54) is 0 Å². The second kappa shape index (κ2) is 6.42. The Kier molecular flexibility index (Phi) is 4.61. The van der Waals surface area contributed by atoms with Gasteiger partial charge >= 0.3 is 0 Å². The maximum absolute atomic E-state index is 5.77.